The zero-order valence-corrected chi connectivity index (χ0v) is 10.1. The van der Waals surface area contributed by atoms with Crippen molar-refractivity contribution >= 4 is 11.6 Å². The molecule has 0 radical (unpaired) electrons. The Balaban J connectivity index is 1.79. The smallest absolute Gasteiger partial charge is 0.147 e. The number of hydrogen-bond acceptors (Lipinski definition) is 3. The average molecular weight is 232 g/mol. The van der Waals surface area contributed by atoms with E-state index in [1.54, 1.807) is 6.07 Å². The Bertz CT molecular complexity index is 427. The molecular weight excluding hydrogens is 212 g/mol. The quantitative estimate of drug-likeness (QED) is 0.777. The Morgan fingerprint density at radius 2 is 1.59 bits per heavy atom. The molecule has 92 valence electrons. The Labute approximate surface area is 101 Å². The van der Waals surface area contributed by atoms with E-state index in [0.717, 1.165) is 23.6 Å². The fourth-order valence-electron chi connectivity index (χ4n) is 5.12. The zero-order valence-electron chi connectivity index (χ0n) is 10.1. The lowest BCUT2D eigenvalue weighted by Gasteiger charge is -2.56. The van der Waals surface area contributed by atoms with Gasteiger partial charge in [-0.2, -0.15) is 5.10 Å². The van der Waals surface area contributed by atoms with Crippen LogP contribution >= 0.6 is 0 Å². The molecule has 0 amide bonds. The maximum Gasteiger partial charge on any atom is 0.147 e. The van der Waals surface area contributed by atoms with Gasteiger partial charge in [-0.1, -0.05) is 0 Å². The number of nitrogen functional groups attached to an aromatic ring is 2. The van der Waals surface area contributed by atoms with Gasteiger partial charge in [0.05, 0.1) is 5.54 Å². The summed E-state index contributed by atoms with van der Waals surface area (Å²) in [4.78, 5) is 0. The summed E-state index contributed by atoms with van der Waals surface area (Å²) in [5, 5.41) is 4.47. The van der Waals surface area contributed by atoms with Gasteiger partial charge < -0.3 is 11.5 Å². The highest BCUT2D eigenvalue weighted by Gasteiger charge is 2.52. The molecule has 5 rings (SSSR count). The van der Waals surface area contributed by atoms with Gasteiger partial charge in [0.25, 0.3) is 0 Å². The van der Waals surface area contributed by atoms with Crippen molar-refractivity contribution in [2.45, 2.75) is 44.1 Å². The molecule has 1 aromatic heterocycles. The van der Waals surface area contributed by atoms with Gasteiger partial charge in [0.1, 0.15) is 11.6 Å². The number of nitrogens with zero attached hydrogens (tertiary/aromatic N) is 2. The van der Waals surface area contributed by atoms with Crippen molar-refractivity contribution in [1.29, 1.82) is 0 Å². The Kier molecular flexibility index (Phi) is 1.72. The van der Waals surface area contributed by atoms with Crippen LogP contribution < -0.4 is 11.5 Å². The number of hydrogen-bond donors (Lipinski definition) is 2. The predicted molar refractivity (Wildman–Crippen MR) is 67.2 cm³/mol. The lowest BCUT2D eigenvalue weighted by Crippen LogP contribution is -2.52. The summed E-state index contributed by atoms with van der Waals surface area (Å²) in [5.41, 5.74) is 12.1. The van der Waals surface area contributed by atoms with Crippen LogP contribution in [0.15, 0.2) is 6.07 Å². The second-order valence-corrected chi connectivity index (χ2v) is 6.55. The largest absolute Gasteiger partial charge is 0.384 e. The minimum Gasteiger partial charge on any atom is -0.384 e. The molecule has 4 fully saturated rings. The van der Waals surface area contributed by atoms with Gasteiger partial charge >= 0.3 is 0 Å². The van der Waals surface area contributed by atoms with Crippen LogP contribution in [0.2, 0.25) is 0 Å². The highest BCUT2D eigenvalue weighted by Crippen LogP contribution is 2.59. The molecule has 4 bridgehead atoms. The van der Waals surface area contributed by atoms with Crippen LogP contribution in [0, 0.1) is 17.8 Å². The van der Waals surface area contributed by atoms with Crippen LogP contribution in [0.1, 0.15) is 38.5 Å². The topological polar surface area (TPSA) is 69.9 Å². The lowest BCUT2D eigenvalue weighted by molar-refractivity contribution is -0.0480. The van der Waals surface area contributed by atoms with Crippen molar-refractivity contribution in [2.24, 2.45) is 17.8 Å². The van der Waals surface area contributed by atoms with Crippen molar-refractivity contribution in [1.82, 2.24) is 9.78 Å². The van der Waals surface area contributed by atoms with Gasteiger partial charge in [0.2, 0.25) is 0 Å². The van der Waals surface area contributed by atoms with E-state index in [2.05, 4.69) is 9.78 Å². The maximum atomic E-state index is 6.08. The minimum atomic E-state index is 0.205. The summed E-state index contributed by atoms with van der Waals surface area (Å²) < 4.78 is 2.06. The third-order valence-corrected chi connectivity index (χ3v) is 5.21. The molecule has 0 unspecified atom stereocenters. The lowest BCUT2D eigenvalue weighted by atomic mass is 9.53. The van der Waals surface area contributed by atoms with E-state index in [0.29, 0.717) is 5.82 Å². The molecule has 4 aliphatic rings. The van der Waals surface area contributed by atoms with E-state index >= 15 is 0 Å². The van der Waals surface area contributed by atoms with Crippen molar-refractivity contribution in [2.75, 3.05) is 11.5 Å². The van der Waals surface area contributed by atoms with Gasteiger partial charge in [-0.25, -0.2) is 4.68 Å². The summed E-state index contributed by atoms with van der Waals surface area (Å²) in [6.07, 6.45) is 8.13. The molecular formula is C13H20N4. The zero-order chi connectivity index (χ0) is 11.6. The molecule has 4 aliphatic carbocycles. The molecule has 0 aliphatic heterocycles. The van der Waals surface area contributed by atoms with Gasteiger partial charge in [-0.15, -0.1) is 0 Å². The van der Waals surface area contributed by atoms with Crippen LogP contribution in [0.25, 0.3) is 0 Å². The van der Waals surface area contributed by atoms with Crippen LogP contribution in [0.5, 0.6) is 0 Å². The second kappa shape index (κ2) is 2.98. The molecule has 17 heavy (non-hydrogen) atoms. The van der Waals surface area contributed by atoms with E-state index in [-0.39, 0.29) is 5.54 Å². The van der Waals surface area contributed by atoms with Crippen LogP contribution in [-0.2, 0) is 5.54 Å². The highest BCUT2D eigenvalue weighted by atomic mass is 15.4. The van der Waals surface area contributed by atoms with E-state index in [1.165, 1.54) is 38.5 Å². The summed E-state index contributed by atoms with van der Waals surface area (Å²) in [6.45, 7) is 0. The van der Waals surface area contributed by atoms with Crippen LogP contribution in [0.4, 0.5) is 11.6 Å². The Hall–Kier alpha value is -1.19. The fraction of sp³-hybridized carbons (Fsp3) is 0.769. The van der Waals surface area contributed by atoms with Crippen molar-refractivity contribution < 1.29 is 0 Å². The molecule has 0 atom stereocenters. The SMILES string of the molecule is Nc1cc(N)n(C23CC4CC(CC(C4)C2)C3)n1. The van der Waals surface area contributed by atoms with Gasteiger partial charge in [-0.05, 0) is 56.3 Å². The number of rotatable bonds is 1. The monoisotopic (exact) mass is 232 g/mol. The summed E-state index contributed by atoms with van der Waals surface area (Å²) in [6, 6.07) is 1.80. The minimum absolute atomic E-state index is 0.205. The van der Waals surface area contributed by atoms with Gasteiger partial charge in [0, 0.05) is 6.07 Å². The van der Waals surface area contributed by atoms with E-state index < -0.39 is 0 Å². The Morgan fingerprint density at radius 3 is 2.00 bits per heavy atom. The van der Waals surface area contributed by atoms with E-state index in [1.807, 2.05) is 0 Å². The maximum absolute atomic E-state index is 6.08. The Morgan fingerprint density at radius 1 is 1.06 bits per heavy atom. The van der Waals surface area contributed by atoms with Gasteiger partial charge in [0.15, 0.2) is 0 Å². The molecule has 4 heteroatoms. The standard InChI is InChI=1S/C13H20N4/c14-11-4-12(15)17(16-11)13-5-8-1-9(6-13)3-10(2-8)7-13/h4,8-10H,1-3,5-7,15H2,(H2,14,16). The van der Waals surface area contributed by atoms with Gasteiger partial charge in [-0.3, -0.25) is 0 Å². The third kappa shape index (κ3) is 1.27. The highest BCUT2D eigenvalue weighted by molar-refractivity contribution is 5.43. The normalized spacial score (nSPS) is 43.2. The summed E-state index contributed by atoms with van der Waals surface area (Å²) >= 11 is 0. The first-order valence-electron chi connectivity index (χ1n) is 6.76. The first-order valence-corrected chi connectivity index (χ1v) is 6.76. The number of anilines is 2. The third-order valence-electron chi connectivity index (χ3n) is 5.21. The number of nitrogens with two attached hydrogens (primary N) is 2. The predicted octanol–water partition coefficient (Wildman–Crippen LogP) is 1.97. The van der Waals surface area contributed by atoms with E-state index in [9.17, 15) is 0 Å². The van der Waals surface area contributed by atoms with Crippen LogP contribution in [-0.4, -0.2) is 9.78 Å². The van der Waals surface area contributed by atoms with Crippen molar-refractivity contribution in [3.63, 3.8) is 0 Å². The fourth-order valence-corrected chi connectivity index (χ4v) is 5.12. The van der Waals surface area contributed by atoms with E-state index in [4.69, 9.17) is 11.5 Å². The molecule has 0 saturated heterocycles. The van der Waals surface area contributed by atoms with Crippen molar-refractivity contribution in [3.05, 3.63) is 6.07 Å². The summed E-state index contributed by atoms with van der Waals surface area (Å²) in [5.74, 6) is 4.05. The second-order valence-electron chi connectivity index (χ2n) is 6.55. The first-order chi connectivity index (χ1) is 8.14. The molecule has 4 saturated carbocycles. The molecule has 0 aromatic carbocycles. The number of aromatic nitrogens is 2. The first kappa shape index (κ1) is 9.80. The molecule has 4 nitrogen and oxygen atoms in total. The average Bonchev–Trinajstić information content (AvgIpc) is 2.56. The van der Waals surface area contributed by atoms with Crippen molar-refractivity contribution in [3.8, 4) is 0 Å². The molecule has 1 aromatic rings. The van der Waals surface area contributed by atoms with Crippen LogP contribution in [0.3, 0.4) is 0 Å². The molecule has 0 spiro atoms. The summed E-state index contributed by atoms with van der Waals surface area (Å²) in [7, 11) is 0. The molecule has 1 heterocycles. The molecule has 4 N–H and O–H groups in total.